The molecule has 128 valence electrons. The van der Waals surface area contributed by atoms with Gasteiger partial charge >= 0.3 is 0 Å². The Hall–Kier alpha value is -3.14. The van der Waals surface area contributed by atoms with E-state index in [4.69, 9.17) is 5.26 Å². The van der Waals surface area contributed by atoms with Crippen LogP contribution < -0.4 is 10.5 Å². The molecule has 0 saturated heterocycles. The summed E-state index contributed by atoms with van der Waals surface area (Å²) in [6.45, 7) is 6.56. The van der Waals surface area contributed by atoms with Crippen LogP contribution in [0.2, 0.25) is 0 Å². The van der Waals surface area contributed by atoms with E-state index < -0.39 is 0 Å². The van der Waals surface area contributed by atoms with Gasteiger partial charge in [-0.1, -0.05) is 12.1 Å². The highest BCUT2D eigenvalue weighted by Gasteiger charge is 2.20. The predicted octanol–water partition coefficient (Wildman–Crippen LogP) is 2.38. The summed E-state index contributed by atoms with van der Waals surface area (Å²) in [4.78, 5) is 21.6. The zero-order valence-electron chi connectivity index (χ0n) is 14.7. The Morgan fingerprint density at radius 3 is 2.80 bits per heavy atom. The van der Waals surface area contributed by atoms with E-state index in [9.17, 15) is 4.79 Å². The minimum absolute atomic E-state index is 0.215. The number of hydrogen-bond acceptors (Lipinski definition) is 5. The van der Waals surface area contributed by atoms with Crippen LogP contribution in [0, 0.1) is 11.3 Å². The van der Waals surface area contributed by atoms with Crippen LogP contribution in [0.5, 0.6) is 0 Å². The number of rotatable bonds is 3. The second-order valence-electron chi connectivity index (χ2n) is 7.02. The van der Waals surface area contributed by atoms with Crippen LogP contribution in [0.1, 0.15) is 31.9 Å². The Morgan fingerprint density at radius 2 is 2.12 bits per heavy atom. The van der Waals surface area contributed by atoms with Gasteiger partial charge in [-0.25, -0.2) is 4.68 Å². The fraction of sp³-hybridized carbons (Fsp3) is 0.333. The summed E-state index contributed by atoms with van der Waals surface area (Å²) in [5.41, 5.74) is 1.64. The fourth-order valence-electron chi connectivity index (χ4n) is 2.67. The molecule has 3 aromatic rings. The van der Waals surface area contributed by atoms with Crippen LogP contribution in [0.25, 0.3) is 11.0 Å². The van der Waals surface area contributed by atoms with Gasteiger partial charge < -0.3 is 4.90 Å². The maximum Gasteiger partial charge on any atom is 0.263 e. The molecule has 0 aliphatic heterocycles. The number of aromatic nitrogens is 4. The molecule has 3 rings (SSSR count). The van der Waals surface area contributed by atoms with Gasteiger partial charge in [-0.15, -0.1) is 0 Å². The van der Waals surface area contributed by atoms with Crippen LogP contribution in [0.15, 0.2) is 35.3 Å². The second-order valence-corrected chi connectivity index (χ2v) is 7.02. The van der Waals surface area contributed by atoms with E-state index in [1.807, 2.05) is 50.9 Å². The molecule has 0 unspecified atom stereocenters. The monoisotopic (exact) mass is 336 g/mol. The lowest BCUT2D eigenvalue weighted by atomic mass is 10.1. The van der Waals surface area contributed by atoms with Crippen molar-refractivity contribution < 1.29 is 0 Å². The van der Waals surface area contributed by atoms with Gasteiger partial charge in [0.15, 0.2) is 5.65 Å². The summed E-state index contributed by atoms with van der Waals surface area (Å²) in [5.74, 6) is 0.464. The Balaban J connectivity index is 2.00. The van der Waals surface area contributed by atoms with Crippen molar-refractivity contribution >= 4 is 17.0 Å². The molecule has 0 spiro atoms. The molecular weight excluding hydrogens is 316 g/mol. The highest BCUT2D eigenvalue weighted by molar-refractivity contribution is 5.74. The molecule has 25 heavy (non-hydrogen) atoms. The Kier molecular flexibility index (Phi) is 4.05. The predicted molar refractivity (Wildman–Crippen MR) is 96.4 cm³/mol. The van der Waals surface area contributed by atoms with Crippen LogP contribution in [0.3, 0.4) is 0 Å². The summed E-state index contributed by atoms with van der Waals surface area (Å²) in [5, 5.41) is 13.8. The first kappa shape index (κ1) is 16.7. The average Bonchev–Trinajstić information content (AvgIpc) is 2.99. The normalized spacial score (nSPS) is 11.5. The van der Waals surface area contributed by atoms with Crippen molar-refractivity contribution in [3.05, 3.63) is 51.9 Å². The molecule has 1 N–H and O–H groups in total. The molecule has 7 nitrogen and oxygen atoms in total. The molecule has 0 saturated carbocycles. The van der Waals surface area contributed by atoms with Gasteiger partial charge in [0.05, 0.1) is 23.4 Å². The minimum Gasteiger partial charge on any atom is -0.341 e. The van der Waals surface area contributed by atoms with Crippen molar-refractivity contribution in [3.63, 3.8) is 0 Å². The number of nitrogens with one attached hydrogen (secondary N) is 1. The lowest BCUT2D eigenvalue weighted by Crippen LogP contribution is -2.26. The molecule has 1 aromatic carbocycles. The van der Waals surface area contributed by atoms with E-state index in [1.165, 1.54) is 0 Å². The molecule has 0 atom stereocenters. The van der Waals surface area contributed by atoms with E-state index in [1.54, 1.807) is 16.9 Å². The van der Waals surface area contributed by atoms with Gasteiger partial charge in [-0.2, -0.15) is 15.3 Å². The molecule has 7 heteroatoms. The number of aromatic amines is 1. The maximum atomic E-state index is 12.4. The quantitative estimate of drug-likeness (QED) is 0.793. The van der Waals surface area contributed by atoms with Crippen molar-refractivity contribution in [1.29, 1.82) is 5.26 Å². The van der Waals surface area contributed by atoms with Gasteiger partial charge in [0.25, 0.3) is 5.56 Å². The highest BCUT2D eigenvalue weighted by Crippen LogP contribution is 2.20. The Bertz CT molecular complexity index is 1020. The second kappa shape index (κ2) is 6.06. The summed E-state index contributed by atoms with van der Waals surface area (Å²) in [7, 11) is 1.85. The third-order valence-corrected chi connectivity index (χ3v) is 3.90. The number of nitriles is 1. The molecule has 0 fully saturated rings. The van der Waals surface area contributed by atoms with E-state index >= 15 is 0 Å². The standard InChI is InChI=1S/C18H20N6O/c1-18(2,3)24-15-14(10-20-24)16(25)22-17(21-15)23(4)11-13-7-5-6-12(8-13)9-19/h5-8,10H,11H2,1-4H3,(H,21,22,25). The van der Waals surface area contributed by atoms with E-state index in [-0.39, 0.29) is 11.1 Å². The van der Waals surface area contributed by atoms with Gasteiger partial charge in [0, 0.05) is 13.6 Å². The minimum atomic E-state index is -0.278. The Labute approximate surface area is 145 Å². The van der Waals surface area contributed by atoms with E-state index in [0.29, 0.717) is 29.1 Å². The van der Waals surface area contributed by atoms with E-state index in [0.717, 1.165) is 5.56 Å². The van der Waals surface area contributed by atoms with Crippen molar-refractivity contribution in [2.45, 2.75) is 32.9 Å². The molecule has 2 aromatic heterocycles. The summed E-state index contributed by atoms with van der Waals surface area (Å²) < 4.78 is 1.76. The zero-order valence-corrected chi connectivity index (χ0v) is 14.7. The fourth-order valence-corrected chi connectivity index (χ4v) is 2.67. The average molecular weight is 336 g/mol. The van der Waals surface area contributed by atoms with Crippen LogP contribution in [-0.2, 0) is 12.1 Å². The number of anilines is 1. The molecule has 0 aliphatic carbocycles. The highest BCUT2D eigenvalue weighted by atomic mass is 16.1. The lowest BCUT2D eigenvalue weighted by Gasteiger charge is -2.21. The first-order valence-electron chi connectivity index (χ1n) is 7.98. The molecule has 0 radical (unpaired) electrons. The first-order chi connectivity index (χ1) is 11.8. The molecule has 0 bridgehead atoms. The topological polar surface area (TPSA) is 90.6 Å². The van der Waals surface area contributed by atoms with E-state index in [2.05, 4.69) is 21.1 Å². The van der Waals surface area contributed by atoms with Crippen LogP contribution in [-0.4, -0.2) is 26.8 Å². The Morgan fingerprint density at radius 1 is 1.36 bits per heavy atom. The summed E-state index contributed by atoms with van der Waals surface area (Å²) in [6.07, 6.45) is 1.55. The van der Waals surface area contributed by atoms with Gasteiger partial charge in [-0.05, 0) is 38.5 Å². The van der Waals surface area contributed by atoms with Crippen molar-refractivity contribution in [2.24, 2.45) is 0 Å². The van der Waals surface area contributed by atoms with Crippen molar-refractivity contribution in [2.75, 3.05) is 11.9 Å². The van der Waals surface area contributed by atoms with Crippen molar-refractivity contribution in [3.8, 4) is 6.07 Å². The van der Waals surface area contributed by atoms with Gasteiger partial charge in [0.2, 0.25) is 5.95 Å². The molecule has 2 heterocycles. The lowest BCUT2D eigenvalue weighted by molar-refractivity contribution is 0.366. The molecule has 0 amide bonds. The molecule has 0 aliphatic rings. The maximum absolute atomic E-state index is 12.4. The third-order valence-electron chi connectivity index (χ3n) is 3.90. The van der Waals surface area contributed by atoms with Crippen LogP contribution >= 0.6 is 0 Å². The summed E-state index contributed by atoms with van der Waals surface area (Å²) in [6, 6.07) is 9.50. The third kappa shape index (κ3) is 3.24. The number of fused-ring (bicyclic) bond motifs is 1. The van der Waals surface area contributed by atoms with Crippen LogP contribution in [0.4, 0.5) is 5.95 Å². The van der Waals surface area contributed by atoms with Gasteiger partial charge in [-0.3, -0.25) is 9.78 Å². The van der Waals surface area contributed by atoms with Gasteiger partial charge in [0.1, 0.15) is 5.39 Å². The number of H-pyrrole nitrogens is 1. The smallest absolute Gasteiger partial charge is 0.263 e. The molecular formula is C18H20N6O. The number of benzene rings is 1. The largest absolute Gasteiger partial charge is 0.341 e. The number of nitrogens with zero attached hydrogens (tertiary/aromatic N) is 5. The zero-order chi connectivity index (χ0) is 18.2. The summed E-state index contributed by atoms with van der Waals surface area (Å²) >= 11 is 0. The first-order valence-corrected chi connectivity index (χ1v) is 7.98. The SMILES string of the molecule is CN(Cc1cccc(C#N)c1)c1nc2c(cnn2C(C)(C)C)c(=O)[nH]1. The number of hydrogen-bond donors (Lipinski definition) is 1. The van der Waals surface area contributed by atoms with Crippen molar-refractivity contribution in [1.82, 2.24) is 19.7 Å².